The molecule has 4 heterocycles. The van der Waals surface area contributed by atoms with E-state index in [9.17, 15) is 14.3 Å². The van der Waals surface area contributed by atoms with E-state index in [2.05, 4.69) is 30.4 Å². The number of pyridine rings is 1. The minimum Gasteiger partial charge on any atom is -0.395 e. The van der Waals surface area contributed by atoms with E-state index in [1.165, 1.54) is 10.6 Å². The molecule has 0 bridgehead atoms. The van der Waals surface area contributed by atoms with Crippen molar-refractivity contribution in [3.63, 3.8) is 0 Å². The number of hydrogen-bond donors (Lipinski definition) is 3. The lowest BCUT2D eigenvalue weighted by molar-refractivity contribution is 0.311. The summed E-state index contributed by atoms with van der Waals surface area (Å²) in [5, 5.41) is 17.6. The zero-order chi connectivity index (χ0) is 22.2. The van der Waals surface area contributed by atoms with E-state index in [0.29, 0.717) is 39.3 Å². The predicted molar refractivity (Wildman–Crippen MR) is 117 cm³/mol. The number of aliphatic hydroxyl groups is 1. The molecule has 10 nitrogen and oxygen atoms in total. The zero-order valence-electron chi connectivity index (χ0n) is 17.1. The van der Waals surface area contributed by atoms with Crippen molar-refractivity contribution in [2.75, 3.05) is 18.5 Å². The first-order chi connectivity index (χ1) is 15.6. The largest absolute Gasteiger partial charge is 0.395 e. The molecule has 0 radical (unpaired) electrons. The molecule has 162 valence electrons. The summed E-state index contributed by atoms with van der Waals surface area (Å²) in [7, 11) is 1.61. The molecule has 3 N–H and O–H groups in total. The highest BCUT2D eigenvalue weighted by Gasteiger charge is 2.20. The summed E-state index contributed by atoms with van der Waals surface area (Å²) in [6.45, 7) is 0.318. The zero-order valence-corrected chi connectivity index (χ0v) is 17.1. The van der Waals surface area contributed by atoms with Crippen LogP contribution in [-0.2, 0) is 13.6 Å². The Morgan fingerprint density at radius 1 is 1.19 bits per heavy atom. The number of benzene rings is 1. The van der Waals surface area contributed by atoms with Gasteiger partial charge in [0, 0.05) is 25.4 Å². The van der Waals surface area contributed by atoms with E-state index in [-0.39, 0.29) is 37.0 Å². The molecule has 0 amide bonds. The van der Waals surface area contributed by atoms with Gasteiger partial charge in [0.2, 0.25) is 0 Å². The van der Waals surface area contributed by atoms with Crippen LogP contribution in [0.2, 0.25) is 0 Å². The van der Waals surface area contributed by atoms with Gasteiger partial charge in [0.25, 0.3) is 0 Å². The fraction of sp³-hybridized carbons (Fsp3) is 0.190. The SMILES string of the molecule is Cn1c(=O)[nH]c2nc(-c3nn(Cc4ccccc4F)c4ncccc34)nc(NCCO)c21. The first-order valence-electron chi connectivity index (χ1n) is 9.93. The fourth-order valence-corrected chi connectivity index (χ4v) is 3.62. The van der Waals surface area contributed by atoms with Gasteiger partial charge < -0.3 is 10.4 Å². The maximum atomic E-state index is 14.2. The molecule has 5 aromatic rings. The van der Waals surface area contributed by atoms with Crippen LogP contribution >= 0.6 is 0 Å². The van der Waals surface area contributed by atoms with Gasteiger partial charge in [-0.05, 0) is 18.2 Å². The van der Waals surface area contributed by atoms with Crippen LogP contribution in [0.4, 0.5) is 10.2 Å². The molecule has 0 unspecified atom stereocenters. The Labute approximate surface area is 180 Å². The number of nitrogens with zero attached hydrogens (tertiary/aromatic N) is 6. The average molecular weight is 434 g/mol. The highest BCUT2D eigenvalue weighted by molar-refractivity contribution is 5.92. The van der Waals surface area contributed by atoms with Crippen LogP contribution in [0.3, 0.4) is 0 Å². The third kappa shape index (κ3) is 3.28. The Hall–Kier alpha value is -4.12. The summed E-state index contributed by atoms with van der Waals surface area (Å²) in [6.07, 6.45) is 1.64. The van der Waals surface area contributed by atoms with Crippen molar-refractivity contribution in [3.05, 3.63) is 64.5 Å². The van der Waals surface area contributed by atoms with Crippen LogP contribution in [0.15, 0.2) is 47.4 Å². The molecular weight excluding hydrogens is 415 g/mol. The molecular formula is C21H19FN8O2. The Balaban J connectivity index is 1.70. The van der Waals surface area contributed by atoms with Crippen LogP contribution in [0.5, 0.6) is 0 Å². The van der Waals surface area contributed by atoms with Gasteiger partial charge in [0.05, 0.1) is 18.5 Å². The van der Waals surface area contributed by atoms with E-state index in [1.807, 2.05) is 6.07 Å². The van der Waals surface area contributed by atoms with Crippen molar-refractivity contribution in [1.29, 1.82) is 0 Å². The number of aromatic nitrogens is 7. The molecule has 4 aromatic heterocycles. The first kappa shape index (κ1) is 19.8. The van der Waals surface area contributed by atoms with Crippen molar-refractivity contribution < 1.29 is 9.50 Å². The minimum atomic E-state index is -0.338. The van der Waals surface area contributed by atoms with Gasteiger partial charge in [-0.2, -0.15) is 5.10 Å². The Bertz CT molecular complexity index is 1500. The summed E-state index contributed by atoms with van der Waals surface area (Å²) >= 11 is 0. The predicted octanol–water partition coefficient (Wildman–Crippen LogP) is 1.66. The lowest BCUT2D eigenvalue weighted by Gasteiger charge is -2.08. The van der Waals surface area contributed by atoms with Crippen molar-refractivity contribution in [1.82, 2.24) is 34.3 Å². The van der Waals surface area contributed by atoms with Gasteiger partial charge in [-0.1, -0.05) is 18.2 Å². The number of rotatable bonds is 6. The van der Waals surface area contributed by atoms with E-state index in [4.69, 9.17) is 0 Å². The third-order valence-corrected chi connectivity index (χ3v) is 5.15. The number of halogens is 1. The van der Waals surface area contributed by atoms with Crippen LogP contribution in [0, 0.1) is 5.82 Å². The molecule has 1 aromatic carbocycles. The van der Waals surface area contributed by atoms with Crippen molar-refractivity contribution >= 4 is 28.0 Å². The average Bonchev–Trinajstić information content (AvgIpc) is 3.31. The van der Waals surface area contributed by atoms with Crippen LogP contribution in [-0.4, -0.2) is 52.5 Å². The van der Waals surface area contributed by atoms with Crippen molar-refractivity contribution in [2.24, 2.45) is 7.05 Å². The first-order valence-corrected chi connectivity index (χ1v) is 9.93. The van der Waals surface area contributed by atoms with Crippen LogP contribution < -0.4 is 11.0 Å². The second-order valence-electron chi connectivity index (χ2n) is 7.20. The molecule has 32 heavy (non-hydrogen) atoms. The molecule has 0 spiro atoms. The van der Waals surface area contributed by atoms with Gasteiger partial charge in [-0.15, -0.1) is 0 Å². The summed E-state index contributed by atoms with van der Waals surface area (Å²) in [5.41, 5.74) is 1.96. The Morgan fingerprint density at radius 3 is 2.84 bits per heavy atom. The smallest absolute Gasteiger partial charge is 0.327 e. The second kappa shape index (κ2) is 7.85. The fourth-order valence-electron chi connectivity index (χ4n) is 3.62. The molecule has 0 aliphatic carbocycles. The Morgan fingerprint density at radius 2 is 2.03 bits per heavy atom. The molecule has 0 saturated heterocycles. The van der Waals surface area contributed by atoms with Gasteiger partial charge in [0.15, 0.2) is 22.9 Å². The summed E-state index contributed by atoms with van der Waals surface area (Å²) in [4.78, 5) is 28.4. The second-order valence-corrected chi connectivity index (χ2v) is 7.20. The number of anilines is 1. The summed E-state index contributed by atoms with van der Waals surface area (Å²) in [5.74, 6) is 0.328. The maximum Gasteiger partial charge on any atom is 0.327 e. The molecule has 0 saturated carbocycles. The van der Waals surface area contributed by atoms with E-state index in [0.717, 1.165) is 0 Å². The highest BCUT2D eigenvalue weighted by atomic mass is 19.1. The molecule has 0 fully saturated rings. The standard InChI is InChI=1S/C21H19FN8O2/c1-29-16-18(23-9-10-31)25-17(26-19(16)27-21(29)32)15-13-6-4-8-24-20(13)30(28-15)11-12-5-2-3-7-14(12)22/h2-8,31H,9-11H2,1H3,(H2,23,25,26,27,32). The van der Waals surface area contributed by atoms with E-state index < -0.39 is 0 Å². The van der Waals surface area contributed by atoms with E-state index >= 15 is 0 Å². The van der Waals surface area contributed by atoms with Crippen molar-refractivity contribution in [3.8, 4) is 11.5 Å². The van der Waals surface area contributed by atoms with E-state index in [1.54, 1.807) is 42.2 Å². The molecule has 11 heteroatoms. The lowest BCUT2D eigenvalue weighted by atomic mass is 10.2. The molecule has 0 aliphatic heterocycles. The molecule has 5 rings (SSSR count). The van der Waals surface area contributed by atoms with Gasteiger partial charge >= 0.3 is 5.69 Å². The number of aliphatic hydroxyl groups excluding tert-OH is 1. The number of nitrogens with one attached hydrogen (secondary N) is 2. The topological polar surface area (TPSA) is 127 Å². The third-order valence-electron chi connectivity index (χ3n) is 5.15. The number of aromatic amines is 1. The Kier molecular flexibility index (Phi) is 4.86. The maximum absolute atomic E-state index is 14.2. The summed E-state index contributed by atoms with van der Waals surface area (Å²) in [6, 6.07) is 10.1. The number of imidazole rings is 1. The van der Waals surface area contributed by atoms with Crippen LogP contribution in [0.25, 0.3) is 33.7 Å². The quantitative estimate of drug-likeness (QED) is 0.371. The highest BCUT2D eigenvalue weighted by Crippen LogP contribution is 2.28. The van der Waals surface area contributed by atoms with Crippen molar-refractivity contribution in [2.45, 2.75) is 6.54 Å². The summed E-state index contributed by atoms with van der Waals surface area (Å²) < 4.78 is 17.2. The van der Waals surface area contributed by atoms with Crippen LogP contribution in [0.1, 0.15) is 5.56 Å². The normalized spacial score (nSPS) is 11.5. The number of H-pyrrole nitrogens is 1. The van der Waals surface area contributed by atoms with Gasteiger partial charge in [-0.3, -0.25) is 9.55 Å². The number of fused-ring (bicyclic) bond motifs is 2. The monoisotopic (exact) mass is 434 g/mol. The van der Waals surface area contributed by atoms with Gasteiger partial charge in [-0.25, -0.2) is 28.8 Å². The van der Waals surface area contributed by atoms with Gasteiger partial charge in [0.1, 0.15) is 17.0 Å². The lowest BCUT2D eigenvalue weighted by Crippen LogP contribution is -2.14. The molecule has 0 atom stereocenters. The number of aryl methyl sites for hydroxylation is 1. The molecule has 0 aliphatic rings. The minimum absolute atomic E-state index is 0.108. The number of hydrogen-bond acceptors (Lipinski definition) is 7.